The molecule has 23 heavy (non-hydrogen) atoms. The van der Waals surface area contributed by atoms with E-state index in [1.54, 1.807) is 4.90 Å². The van der Waals surface area contributed by atoms with Gasteiger partial charge in [0, 0.05) is 19.2 Å². The summed E-state index contributed by atoms with van der Waals surface area (Å²) in [6.45, 7) is 2.15. The second-order valence-electron chi connectivity index (χ2n) is 5.43. The van der Waals surface area contributed by atoms with Crippen molar-refractivity contribution in [2.75, 3.05) is 23.7 Å². The van der Waals surface area contributed by atoms with Crippen LogP contribution >= 0.6 is 0 Å². The lowest BCUT2D eigenvalue weighted by molar-refractivity contribution is -0.384. The number of carbonyl (C=O) groups is 1. The number of nitrogens with zero attached hydrogens (tertiary/aromatic N) is 2. The highest BCUT2D eigenvalue weighted by atomic mass is 32.2. The van der Waals surface area contributed by atoms with Gasteiger partial charge in [-0.3, -0.25) is 14.9 Å². The third-order valence-electron chi connectivity index (χ3n) is 3.99. The second-order valence-corrected chi connectivity index (χ2v) is 7.71. The number of hydrogen-bond donors (Lipinski definition) is 1. The van der Waals surface area contributed by atoms with Crippen molar-refractivity contribution in [1.29, 1.82) is 0 Å². The minimum absolute atomic E-state index is 0.0951. The standard InChI is InChI=1S/C14H18N2O6S/c1-2-23(21,22)11-5-6-12(13(8-11)16(19)20)15-7-3-4-10(9-15)14(17)18/h5-6,8,10H,2-4,7,9H2,1H3,(H,17,18)/t10-/m1/s1. The summed E-state index contributed by atoms with van der Waals surface area (Å²) in [5.74, 6) is -1.65. The number of hydrogen-bond acceptors (Lipinski definition) is 6. The van der Waals surface area contributed by atoms with E-state index in [9.17, 15) is 23.3 Å². The Kier molecular flexibility index (Phi) is 4.88. The maximum absolute atomic E-state index is 11.9. The van der Waals surface area contributed by atoms with Crippen LogP contribution in [0.3, 0.4) is 0 Å². The molecule has 1 aliphatic rings. The van der Waals surface area contributed by atoms with Gasteiger partial charge in [-0.25, -0.2) is 8.42 Å². The van der Waals surface area contributed by atoms with Gasteiger partial charge in [0.15, 0.2) is 9.84 Å². The zero-order valence-electron chi connectivity index (χ0n) is 12.6. The van der Waals surface area contributed by atoms with E-state index >= 15 is 0 Å². The Balaban J connectivity index is 2.42. The third kappa shape index (κ3) is 3.61. The predicted octanol–water partition coefficient (Wildman–Crippen LogP) is 1.69. The number of nitro benzene ring substituents is 1. The Morgan fingerprint density at radius 2 is 2.17 bits per heavy atom. The number of rotatable bonds is 5. The van der Waals surface area contributed by atoms with Crippen molar-refractivity contribution in [3.05, 3.63) is 28.3 Å². The molecule has 0 radical (unpaired) electrons. The molecule has 1 atom stereocenters. The van der Waals surface area contributed by atoms with Crippen LogP contribution in [0.1, 0.15) is 19.8 Å². The lowest BCUT2D eigenvalue weighted by atomic mass is 9.97. The van der Waals surface area contributed by atoms with Gasteiger partial charge >= 0.3 is 5.97 Å². The Morgan fingerprint density at radius 1 is 1.48 bits per heavy atom. The Labute approximate surface area is 133 Å². The first kappa shape index (κ1) is 17.2. The Hall–Kier alpha value is -2.16. The van der Waals surface area contributed by atoms with Gasteiger partial charge in [0.05, 0.1) is 21.5 Å². The minimum atomic E-state index is -3.54. The predicted molar refractivity (Wildman–Crippen MR) is 83.4 cm³/mol. The average molecular weight is 342 g/mol. The van der Waals surface area contributed by atoms with Gasteiger partial charge in [0.1, 0.15) is 5.69 Å². The number of benzene rings is 1. The molecule has 0 bridgehead atoms. The number of carboxylic acids is 1. The van der Waals surface area contributed by atoms with Gasteiger partial charge in [-0.2, -0.15) is 0 Å². The zero-order valence-corrected chi connectivity index (χ0v) is 13.5. The summed E-state index contributed by atoms with van der Waals surface area (Å²) in [5.41, 5.74) is -0.0541. The monoisotopic (exact) mass is 342 g/mol. The van der Waals surface area contributed by atoms with E-state index in [-0.39, 0.29) is 28.6 Å². The molecule has 0 spiro atoms. The highest BCUT2D eigenvalue weighted by Gasteiger charge is 2.30. The van der Waals surface area contributed by atoms with Crippen molar-refractivity contribution >= 4 is 27.2 Å². The van der Waals surface area contributed by atoms with Crippen LogP contribution in [0.25, 0.3) is 0 Å². The number of piperidine rings is 1. The SMILES string of the molecule is CCS(=O)(=O)c1ccc(N2CCC[C@@H](C(=O)O)C2)c([N+](=O)[O-])c1. The number of aliphatic carboxylic acids is 1. The number of sulfone groups is 1. The Bertz CT molecular complexity index is 731. The van der Waals surface area contributed by atoms with Gasteiger partial charge in [-0.1, -0.05) is 6.92 Å². The van der Waals surface area contributed by atoms with E-state index in [1.807, 2.05) is 0 Å². The lowest BCUT2D eigenvalue weighted by Gasteiger charge is -2.32. The fraction of sp³-hybridized carbons (Fsp3) is 0.500. The molecule has 9 heteroatoms. The lowest BCUT2D eigenvalue weighted by Crippen LogP contribution is -2.39. The molecule has 1 fully saturated rings. The van der Waals surface area contributed by atoms with E-state index in [4.69, 9.17) is 5.11 Å². The largest absolute Gasteiger partial charge is 0.481 e. The molecule has 1 aliphatic heterocycles. The van der Waals surface area contributed by atoms with Gasteiger partial charge in [0.25, 0.3) is 5.69 Å². The molecule has 0 saturated carbocycles. The van der Waals surface area contributed by atoms with Crippen LogP contribution < -0.4 is 4.90 Å². The van der Waals surface area contributed by atoms with Crippen LogP contribution in [-0.2, 0) is 14.6 Å². The van der Waals surface area contributed by atoms with Gasteiger partial charge < -0.3 is 10.0 Å². The van der Waals surface area contributed by atoms with Gasteiger partial charge in [-0.15, -0.1) is 0 Å². The molecule has 1 aromatic carbocycles. The summed E-state index contributed by atoms with van der Waals surface area (Å²) < 4.78 is 23.8. The summed E-state index contributed by atoms with van der Waals surface area (Å²) in [4.78, 5) is 23.4. The molecule has 0 aromatic heterocycles. The maximum atomic E-state index is 11.9. The topological polar surface area (TPSA) is 118 Å². The molecule has 0 aliphatic carbocycles. The molecule has 1 saturated heterocycles. The van der Waals surface area contributed by atoms with Gasteiger partial charge in [-0.05, 0) is 25.0 Å². The molecule has 2 rings (SSSR count). The van der Waals surface area contributed by atoms with E-state index in [0.717, 1.165) is 6.07 Å². The molecule has 8 nitrogen and oxygen atoms in total. The smallest absolute Gasteiger partial charge is 0.308 e. The minimum Gasteiger partial charge on any atom is -0.481 e. The van der Waals surface area contributed by atoms with Crippen molar-refractivity contribution in [3.63, 3.8) is 0 Å². The molecular formula is C14H18N2O6S. The number of nitro groups is 1. The maximum Gasteiger partial charge on any atom is 0.308 e. The molecule has 1 aromatic rings. The van der Waals surface area contributed by atoms with Crippen molar-refractivity contribution in [2.45, 2.75) is 24.7 Å². The Morgan fingerprint density at radius 3 is 2.74 bits per heavy atom. The van der Waals surface area contributed by atoms with Crippen LogP contribution in [0.5, 0.6) is 0 Å². The summed E-state index contributed by atoms with van der Waals surface area (Å²) in [6.07, 6.45) is 1.14. The van der Waals surface area contributed by atoms with Crippen LogP contribution in [0.4, 0.5) is 11.4 Å². The quantitative estimate of drug-likeness (QED) is 0.639. The average Bonchev–Trinajstić information content (AvgIpc) is 2.54. The first-order chi connectivity index (χ1) is 10.8. The van der Waals surface area contributed by atoms with Crippen LogP contribution in [0, 0.1) is 16.0 Å². The van der Waals surface area contributed by atoms with Crippen molar-refractivity contribution in [1.82, 2.24) is 0 Å². The van der Waals surface area contributed by atoms with Crippen molar-refractivity contribution in [3.8, 4) is 0 Å². The first-order valence-corrected chi connectivity index (χ1v) is 8.90. The fourth-order valence-electron chi connectivity index (χ4n) is 2.67. The van der Waals surface area contributed by atoms with Crippen molar-refractivity contribution < 1.29 is 23.2 Å². The van der Waals surface area contributed by atoms with E-state index in [0.29, 0.717) is 19.4 Å². The van der Waals surface area contributed by atoms with E-state index in [1.165, 1.54) is 19.1 Å². The van der Waals surface area contributed by atoms with E-state index < -0.39 is 26.6 Å². The van der Waals surface area contributed by atoms with E-state index in [2.05, 4.69) is 0 Å². The molecule has 126 valence electrons. The van der Waals surface area contributed by atoms with Crippen molar-refractivity contribution in [2.24, 2.45) is 5.92 Å². The highest BCUT2D eigenvalue weighted by molar-refractivity contribution is 7.91. The molecule has 1 heterocycles. The van der Waals surface area contributed by atoms with Crippen LogP contribution in [0.2, 0.25) is 0 Å². The molecule has 0 amide bonds. The van der Waals surface area contributed by atoms with Gasteiger partial charge in [0.2, 0.25) is 0 Å². The third-order valence-corrected chi connectivity index (χ3v) is 5.73. The summed E-state index contributed by atoms with van der Waals surface area (Å²) >= 11 is 0. The fourth-order valence-corrected chi connectivity index (χ4v) is 3.57. The molecular weight excluding hydrogens is 324 g/mol. The summed E-state index contributed by atoms with van der Waals surface area (Å²) in [7, 11) is -3.54. The normalized spacial score (nSPS) is 18.7. The number of carboxylic acid groups (broad SMARTS) is 1. The summed E-state index contributed by atoms with van der Waals surface area (Å²) in [6, 6.07) is 3.79. The highest BCUT2D eigenvalue weighted by Crippen LogP contribution is 2.33. The number of anilines is 1. The summed E-state index contributed by atoms with van der Waals surface area (Å²) in [5, 5.41) is 20.4. The van der Waals surface area contributed by atoms with Crippen LogP contribution in [0.15, 0.2) is 23.1 Å². The van der Waals surface area contributed by atoms with Crippen LogP contribution in [-0.4, -0.2) is 43.3 Å². The molecule has 0 unspecified atom stereocenters. The first-order valence-electron chi connectivity index (χ1n) is 7.25. The second kappa shape index (κ2) is 6.53. The zero-order chi connectivity index (χ0) is 17.2. The molecule has 1 N–H and O–H groups in total.